The highest BCUT2D eigenvalue weighted by atomic mass is 16.7. The van der Waals surface area contributed by atoms with Gasteiger partial charge in [0.25, 0.3) is 0 Å². The molecule has 6 nitrogen and oxygen atoms in total. The molecule has 4 atom stereocenters. The van der Waals surface area contributed by atoms with Crippen LogP contribution in [0.3, 0.4) is 0 Å². The number of hydrogen-bond donors (Lipinski definition) is 2. The van der Waals surface area contributed by atoms with Gasteiger partial charge < -0.3 is 24.4 Å². The first kappa shape index (κ1) is 42.5. The molecule has 1 aliphatic rings. The normalized spacial score (nSPS) is 16.7. The molecule has 0 spiro atoms. The number of ether oxygens (including phenoxy) is 3. The molecule has 3 aromatic carbocycles. The van der Waals surface area contributed by atoms with E-state index in [1.165, 1.54) is 64.2 Å². The van der Waals surface area contributed by atoms with Crippen molar-refractivity contribution in [3.63, 3.8) is 0 Å². The van der Waals surface area contributed by atoms with Crippen molar-refractivity contribution < 1.29 is 29.2 Å². The first-order chi connectivity index (χ1) is 26.0. The lowest BCUT2D eigenvalue weighted by Crippen LogP contribution is -2.38. The molecule has 1 fully saturated rings. The quantitative estimate of drug-likeness (QED) is 0.0487. The van der Waals surface area contributed by atoms with Crippen molar-refractivity contribution in [2.24, 2.45) is 0 Å². The average Bonchev–Trinajstić information content (AvgIpc) is 3.19. The van der Waals surface area contributed by atoms with Crippen molar-refractivity contribution in [3.05, 3.63) is 120 Å². The van der Waals surface area contributed by atoms with Gasteiger partial charge in [0.15, 0.2) is 18.0 Å². The zero-order chi connectivity index (χ0) is 37.4. The minimum Gasteiger partial charge on any atom is -0.454 e. The van der Waals surface area contributed by atoms with Gasteiger partial charge in [-0.2, -0.15) is 0 Å². The second-order valence-corrected chi connectivity index (χ2v) is 14.8. The summed E-state index contributed by atoms with van der Waals surface area (Å²) in [6.07, 6.45) is 22.3. The molecule has 0 saturated carbocycles. The summed E-state index contributed by atoms with van der Waals surface area (Å²) in [5.41, 5.74) is 0.201. The Balaban J connectivity index is 1.29. The van der Waals surface area contributed by atoms with Crippen LogP contribution >= 0.6 is 0 Å². The Labute approximate surface area is 320 Å². The van der Waals surface area contributed by atoms with Gasteiger partial charge in [0.1, 0.15) is 0 Å². The van der Waals surface area contributed by atoms with E-state index in [-0.39, 0.29) is 18.8 Å². The Kier molecular flexibility index (Phi) is 20.0. The van der Waals surface area contributed by atoms with E-state index in [1.54, 1.807) is 0 Å². The molecule has 0 amide bonds. The molecule has 0 radical (unpaired) electrons. The van der Waals surface area contributed by atoms with Gasteiger partial charge >= 0.3 is 5.97 Å². The van der Waals surface area contributed by atoms with Gasteiger partial charge in [-0.05, 0) is 68.1 Å². The predicted octanol–water partition coefficient (Wildman–Crippen LogP) is 11.3. The molecule has 2 N–H and O–H groups in total. The van der Waals surface area contributed by atoms with Crippen LogP contribution < -0.4 is 0 Å². The molecule has 290 valence electrons. The third kappa shape index (κ3) is 15.2. The zero-order valence-corrected chi connectivity index (χ0v) is 32.3. The van der Waals surface area contributed by atoms with Crippen LogP contribution in [0.15, 0.2) is 103 Å². The number of unbranched alkanes of at least 4 members (excludes halogenated alkanes) is 11. The maximum atomic E-state index is 13.7. The van der Waals surface area contributed by atoms with Crippen LogP contribution in [0.2, 0.25) is 0 Å². The highest BCUT2D eigenvalue weighted by molar-refractivity contribution is 5.70. The first-order valence-electron chi connectivity index (χ1n) is 20.7. The summed E-state index contributed by atoms with van der Waals surface area (Å²) in [5, 5.41) is 23.8. The Morgan fingerprint density at radius 2 is 1.32 bits per heavy atom. The predicted molar refractivity (Wildman–Crippen MR) is 214 cm³/mol. The maximum absolute atomic E-state index is 13.7. The van der Waals surface area contributed by atoms with Crippen molar-refractivity contribution in [2.75, 3.05) is 6.61 Å². The summed E-state index contributed by atoms with van der Waals surface area (Å²) in [6.45, 7) is 2.95. The second kappa shape index (κ2) is 24.9. The van der Waals surface area contributed by atoms with Crippen molar-refractivity contribution in [2.45, 2.75) is 159 Å². The fourth-order valence-electron chi connectivity index (χ4n) is 7.35. The van der Waals surface area contributed by atoms with Gasteiger partial charge in [-0.15, -0.1) is 0 Å². The molecule has 53 heavy (non-hydrogen) atoms. The maximum Gasteiger partial charge on any atom is 0.309 e. The molecule has 0 aliphatic carbocycles. The first-order valence-corrected chi connectivity index (χ1v) is 20.7. The van der Waals surface area contributed by atoms with E-state index >= 15 is 0 Å². The number of hydrogen-bond acceptors (Lipinski definition) is 6. The van der Waals surface area contributed by atoms with Gasteiger partial charge in [-0.25, -0.2) is 0 Å². The lowest BCUT2D eigenvalue weighted by atomic mass is 9.79. The summed E-state index contributed by atoms with van der Waals surface area (Å²) < 4.78 is 18.5. The number of carbonyl (C=O) groups is 1. The molecule has 1 heterocycles. The Bertz CT molecular complexity index is 1350. The smallest absolute Gasteiger partial charge is 0.309 e. The molecule has 1 saturated heterocycles. The van der Waals surface area contributed by atoms with E-state index in [0.29, 0.717) is 29.7 Å². The average molecular weight is 727 g/mol. The van der Waals surface area contributed by atoms with Crippen molar-refractivity contribution in [1.29, 1.82) is 0 Å². The summed E-state index contributed by atoms with van der Waals surface area (Å²) in [5.74, 6) is -0.578. The second-order valence-electron chi connectivity index (χ2n) is 14.8. The van der Waals surface area contributed by atoms with Crippen LogP contribution in [0.4, 0.5) is 0 Å². The van der Waals surface area contributed by atoms with Crippen LogP contribution in [0.5, 0.6) is 0 Å². The van der Waals surface area contributed by atoms with Crippen molar-refractivity contribution in [3.8, 4) is 0 Å². The minimum absolute atomic E-state index is 0.208. The zero-order valence-electron chi connectivity index (χ0n) is 32.3. The Morgan fingerprint density at radius 1 is 0.774 bits per heavy atom. The number of benzene rings is 3. The number of carbonyl (C=O) groups excluding carboxylic acids is 1. The van der Waals surface area contributed by atoms with Crippen molar-refractivity contribution >= 4 is 5.97 Å². The van der Waals surface area contributed by atoms with E-state index in [2.05, 4.69) is 19.1 Å². The van der Waals surface area contributed by atoms with Crippen LogP contribution in [0, 0.1) is 0 Å². The number of aliphatic hydroxyl groups excluding tert-OH is 1. The Hall–Kier alpha value is -3.29. The molecule has 1 unspecified atom stereocenters. The minimum atomic E-state index is -1.67. The van der Waals surface area contributed by atoms with E-state index in [4.69, 9.17) is 14.2 Å². The molecule has 4 rings (SSSR count). The SMILES string of the molecule is CCCCCCCCC=CCCCCCCC[C@@H](C[C@H](O)CC(=O)O[C@H](c1ccccc1)C(O)(c1ccccc1)c1ccccc1)OC1CCCCO1. The van der Waals surface area contributed by atoms with E-state index in [1.807, 2.05) is 91.0 Å². The van der Waals surface area contributed by atoms with Crippen LogP contribution in [-0.2, 0) is 24.6 Å². The molecular formula is C47H66O6. The third-order valence-corrected chi connectivity index (χ3v) is 10.4. The summed E-state index contributed by atoms with van der Waals surface area (Å²) in [4.78, 5) is 13.7. The van der Waals surface area contributed by atoms with E-state index in [0.717, 1.165) is 44.9 Å². The number of aliphatic hydroxyl groups is 2. The summed E-state index contributed by atoms with van der Waals surface area (Å²) in [6, 6.07) is 27.9. The number of allylic oxidation sites excluding steroid dienone is 2. The molecule has 1 aliphatic heterocycles. The lowest BCUT2D eigenvalue weighted by Gasteiger charge is -2.37. The standard InChI is InChI=1S/C47H66O6/c1-2-3-4-5-6-7-8-9-10-11-12-13-14-15-25-34-43(52-45-35-26-27-36-51-45)37-42(48)38-44(49)53-46(39-28-19-16-20-29-39)47(50,40-30-21-17-22-31-40)41-32-23-18-24-33-41/h9-10,16-24,28-33,42-43,45-46,48,50H,2-8,11-15,25-27,34-38H2,1H3/t42-,43-,45?,46+/m0/s1. The topological polar surface area (TPSA) is 85.2 Å². The van der Waals surface area contributed by atoms with Gasteiger partial charge in [0.2, 0.25) is 0 Å². The largest absolute Gasteiger partial charge is 0.454 e. The van der Waals surface area contributed by atoms with Crippen molar-refractivity contribution in [1.82, 2.24) is 0 Å². The third-order valence-electron chi connectivity index (χ3n) is 10.4. The molecule has 0 bridgehead atoms. The molecule has 6 heteroatoms. The molecule has 3 aromatic rings. The highest BCUT2D eigenvalue weighted by Crippen LogP contribution is 2.43. The Morgan fingerprint density at radius 3 is 1.89 bits per heavy atom. The summed E-state index contributed by atoms with van der Waals surface area (Å²) in [7, 11) is 0. The van der Waals surface area contributed by atoms with Gasteiger partial charge in [-0.3, -0.25) is 4.79 Å². The van der Waals surface area contributed by atoms with Crippen LogP contribution in [0.1, 0.15) is 152 Å². The monoisotopic (exact) mass is 726 g/mol. The van der Waals surface area contributed by atoms with Gasteiger partial charge in [0.05, 0.1) is 18.6 Å². The fourth-order valence-corrected chi connectivity index (χ4v) is 7.35. The van der Waals surface area contributed by atoms with Gasteiger partial charge in [-0.1, -0.05) is 168 Å². The summed E-state index contributed by atoms with van der Waals surface area (Å²) >= 11 is 0. The van der Waals surface area contributed by atoms with E-state index in [9.17, 15) is 15.0 Å². The fraction of sp³-hybridized carbons (Fsp3) is 0.553. The lowest BCUT2D eigenvalue weighted by molar-refractivity contribution is -0.195. The van der Waals surface area contributed by atoms with Gasteiger partial charge in [0, 0.05) is 13.0 Å². The van der Waals surface area contributed by atoms with Crippen LogP contribution in [0.25, 0.3) is 0 Å². The molecule has 0 aromatic heterocycles. The highest BCUT2D eigenvalue weighted by Gasteiger charge is 2.44. The van der Waals surface area contributed by atoms with Crippen LogP contribution in [-0.4, -0.2) is 41.3 Å². The van der Waals surface area contributed by atoms with E-state index < -0.39 is 23.8 Å². The number of rotatable bonds is 26. The molecular weight excluding hydrogens is 661 g/mol. The number of esters is 1.